The van der Waals surface area contributed by atoms with E-state index in [4.69, 9.17) is 0 Å². The summed E-state index contributed by atoms with van der Waals surface area (Å²) in [5.74, 6) is 0. The van der Waals surface area contributed by atoms with Crippen molar-refractivity contribution in [1.82, 2.24) is 0 Å². The Bertz CT molecular complexity index is 9.65. The second-order valence-corrected chi connectivity index (χ2v) is 0. The van der Waals surface area contributed by atoms with Crippen molar-refractivity contribution in [2.75, 3.05) is 0 Å². The Hall–Kier alpha value is 0.582. The van der Waals surface area contributed by atoms with Crippen molar-refractivity contribution < 1.29 is 31.4 Å². The molecule has 7 heavy (non-hydrogen) atoms. The molecule has 0 unspecified atom stereocenters. The van der Waals surface area contributed by atoms with Crippen LogP contribution < -0.4 is 0 Å². The zero-order valence-corrected chi connectivity index (χ0v) is 4.77. The second-order valence-electron chi connectivity index (χ2n) is 0. The number of hydrogen-bond donors (Lipinski definition) is 0. The van der Waals surface area contributed by atoms with E-state index in [1.54, 1.807) is 0 Å². The first-order valence-corrected chi connectivity index (χ1v) is 0. The summed E-state index contributed by atoms with van der Waals surface area (Å²) >= 11 is 0. The molecule has 0 aliphatic carbocycles. The number of rotatable bonds is 0. The molecule has 16 radical (unpaired) electrons. The van der Waals surface area contributed by atoms with Crippen LogP contribution in [-0.4, -0.2) is 11.0 Å². The minimum absolute atomic E-state index is 0. The molecule has 2 N–H and O–H groups in total. The zero-order chi connectivity index (χ0) is 0. The summed E-state index contributed by atoms with van der Waals surface area (Å²) in [5.41, 5.74) is 0. The van der Waals surface area contributed by atoms with Crippen LogP contribution >= 0.6 is 0 Å². The van der Waals surface area contributed by atoms with Gasteiger partial charge in [-0.05, 0) is 0 Å². The van der Waals surface area contributed by atoms with Gasteiger partial charge in [-0.25, -0.2) is 0 Å². The van der Waals surface area contributed by atoms with Gasteiger partial charge in [0.25, 0.3) is 0 Å². The van der Waals surface area contributed by atoms with Crippen LogP contribution in [0.5, 0.6) is 0 Å². The van der Waals surface area contributed by atoms with Crippen molar-refractivity contribution in [1.29, 1.82) is 0 Å². The van der Waals surface area contributed by atoms with Gasteiger partial charge in [-0.1, -0.05) is 0 Å². The predicted octanol–water partition coefficient (Wildman–Crippen LogP) is -0.0309. The Balaban J connectivity index is 0. The first-order chi connectivity index (χ1) is 0. The van der Waals surface area contributed by atoms with E-state index in [1.807, 2.05) is 0 Å². The standard InChI is InChI=1S/4C.2H2O.Pd/h;;;;2*1H2;/q;;;;;;+2/p-2. The van der Waals surface area contributed by atoms with Crippen molar-refractivity contribution in [2.24, 2.45) is 0 Å². The average Bonchev–Trinajstić information content (AvgIpc) is 0. The Morgan fingerprint density at radius 1 is 0.429 bits per heavy atom. The molecule has 0 aliphatic heterocycles. The molecule has 2 nitrogen and oxygen atoms in total. The van der Waals surface area contributed by atoms with E-state index in [0.717, 1.165) is 0 Å². The third-order valence-electron chi connectivity index (χ3n) is 0. The summed E-state index contributed by atoms with van der Waals surface area (Å²) < 4.78 is 0. The van der Waals surface area contributed by atoms with E-state index in [0.29, 0.717) is 0 Å². The SMILES string of the molecule is [C].[C].[C].[C].[OH-].[OH-].[Pd+2]. The van der Waals surface area contributed by atoms with E-state index in [2.05, 4.69) is 0 Å². The molecule has 0 heterocycles. The molecule has 0 aromatic rings. The summed E-state index contributed by atoms with van der Waals surface area (Å²) in [7, 11) is 0. The van der Waals surface area contributed by atoms with Crippen molar-refractivity contribution in [3.05, 3.63) is 29.7 Å². The molecular weight excluding hydrogens is 186 g/mol. The largest absolute Gasteiger partial charge is 2.00 e. The van der Waals surface area contributed by atoms with Crippen molar-refractivity contribution >= 4 is 0 Å². The summed E-state index contributed by atoms with van der Waals surface area (Å²) in [6, 6.07) is 0. The maximum absolute atomic E-state index is 0. The molecule has 0 aliphatic rings. The Morgan fingerprint density at radius 2 is 0.429 bits per heavy atom. The molecule has 0 fully saturated rings. The molecule has 0 rings (SSSR count). The topological polar surface area (TPSA) is 60.0 Å². The maximum atomic E-state index is 0. The molecule has 3 heteroatoms. The molecule has 0 aromatic carbocycles. The van der Waals surface area contributed by atoms with Gasteiger partial charge in [-0.2, -0.15) is 0 Å². The van der Waals surface area contributed by atoms with E-state index in [1.165, 1.54) is 0 Å². The quantitative estimate of drug-likeness (QED) is 0.501. The minimum Gasteiger partial charge on any atom is -0.870 e. The summed E-state index contributed by atoms with van der Waals surface area (Å²) in [6.45, 7) is 0. The third kappa shape index (κ3) is 408. The predicted molar refractivity (Wildman–Crippen MR) is 16.8 cm³/mol. The van der Waals surface area contributed by atoms with Crippen LogP contribution in [0.1, 0.15) is 0 Å². The van der Waals surface area contributed by atoms with Gasteiger partial charge in [0.1, 0.15) is 0 Å². The fourth-order valence-corrected chi connectivity index (χ4v) is 0. The Kier molecular flexibility index (Phi) is 83700. The third-order valence-corrected chi connectivity index (χ3v) is 0. The van der Waals surface area contributed by atoms with Crippen molar-refractivity contribution in [3.8, 4) is 0 Å². The summed E-state index contributed by atoms with van der Waals surface area (Å²) in [6.07, 6.45) is 0. The van der Waals surface area contributed by atoms with Gasteiger partial charge in [-0.15, -0.1) is 0 Å². The minimum atomic E-state index is 0. The monoisotopic (exact) mass is 188 g/mol. The molecule has 0 spiro atoms. The van der Waals surface area contributed by atoms with Gasteiger partial charge < -0.3 is 11.0 Å². The second kappa shape index (κ2) is 605. The van der Waals surface area contributed by atoms with Gasteiger partial charge >= 0.3 is 20.4 Å². The molecule has 0 saturated heterocycles. The molecular formula is C4H2O2Pd. The van der Waals surface area contributed by atoms with Crippen molar-refractivity contribution in [3.63, 3.8) is 0 Å². The molecule has 0 amide bonds. The normalized spacial score (nSPS) is 0. The molecule has 40 valence electrons. The van der Waals surface area contributed by atoms with Crippen LogP contribution in [0.2, 0.25) is 0 Å². The van der Waals surface area contributed by atoms with Crippen LogP contribution in [0.4, 0.5) is 0 Å². The van der Waals surface area contributed by atoms with Crippen LogP contribution in [0.3, 0.4) is 0 Å². The maximum Gasteiger partial charge on any atom is 2.00 e. The molecule has 0 bridgehead atoms. The van der Waals surface area contributed by atoms with Crippen molar-refractivity contribution in [2.45, 2.75) is 0 Å². The summed E-state index contributed by atoms with van der Waals surface area (Å²) in [4.78, 5) is 0. The number of hydrogen-bond acceptors (Lipinski definition) is 2. The zero-order valence-electron chi connectivity index (χ0n) is 3.21. The van der Waals surface area contributed by atoms with Gasteiger partial charge in [0.2, 0.25) is 0 Å². The first-order valence-electron chi connectivity index (χ1n) is 0. The Labute approximate surface area is 61.6 Å². The fourth-order valence-electron chi connectivity index (χ4n) is 0. The first kappa shape index (κ1) is 969. The average molecular weight is 188 g/mol. The molecule has 0 saturated carbocycles. The Morgan fingerprint density at radius 3 is 0.429 bits per heavy atom. The van der Waals surface area contributed by atoms with Crippen LogP contribution in [0.15, 0.2) is 0 Å². The van der Waals surface area contributed by atoms with E-state index < -0.39 is 0 Å². The van der Waals surface area contributed by atoms with Crippen LogP contribution in [-0.2, 0) is 20.4 Å². The van der Waals surface area contributed by atoms with Gasteiger partial charge in [0.05, 0.1) is 0 Å². The van der Waals surface area contributed by atoms with Gasteiger partial charge in [0, 0.05) is 29.7 Å². The fraction of sp³-hybridized carbons (Fsp3) is 0. The van der Waals surface area contributed by atoms with E-state index in [9.17, 15) is 0 Å². The van der Waals surface area contributed by atoms with Crippen LogP contribution in [0, 0.1) is 29.7 Å². The molecule has 0 atom stereocenters. The molecule has 0 aromatic heterocycles. The summed E-state index contributed by atoms with van der Waals surface area (Å²) in [5, 5.41) is 0. The van der Waals surface area contributed by atoms with Crippen LogP contribution in [0.25, 0.3) is 0 Å². The van der Waals surface area contributed by atoms with Gasteiger partial charge in [-0.3, -0.25) is 0 Å². The smallest absolute Gasteiger partial charge is 0.870 e. The van der Waals surface area contributed by atoms with E-state index >= 15 is 0 Å². The van der Waals surface area contributed by atoms with E-state index in [-0.39, 0.29) is 61.1 Å². The van der Waals surface area contributed by atoms with Gasteiger partial charge in [0.15, 0.2) is 0 Å².